The van der Waals surface area contributed by atoms with Crippen LogP contribution in [0.15, 0.2) is 205 Å². The Morgan fingerprint density at radius 2 is 0.831 bits per heavy atom. The van der Waals surface area contributed by atoms with Gasteiger partial charge in [-0.05, 0) is 159 Å². The molecule has 9 aromatic rings. The molecular weight excluding hydrogens is 717 g/mol. The van der Waals surface area contributed by atoms with Crippen molar-refractivity contribution in [3.8, 4) is 11.4 Å². The van der Waals surface area contributed by atoms with E-state index in [1.54, 1.807) is 0 Å². The predicted molar refractivity (Wildman–Crippen MR) is 249 cm³/mol. The highest BCUT2D eigenvalue weighted by molar-refractivity contribution is 6.09. The fourth-order valence-electron chi connectivity index (χ4n) is 9.40. The van der Waals surface area contributed by atoms with Gasteiger partial charge in [-0.1, -0.05) is 84.9 Å². The minimum atomic E-state index is 1.07. The summed E-state index contributed by atoms with van der Waals surface area (Å²) in [5, 5.41) is 3.88. The summed E-state index contributed by atoms with van der Waals surface area (Å²) in [6.07, 6.45) is 13.5. The zero-order chi connectivity index (χ0) is 39.3. The van der Waals surface area contributed by atoms with Crippen molar-refractivity contribution in [1.82, 2.24) is 9.13 Å². The van der Waals surface area contributed by atoms with Gasteiger partial charge in [0, 0.05) is 67.4 Å². The Hall–Kier alpha value is -7.30. The highest BCUT2D eigenvalue weighted by Crippen LogP contribution is 2.41. The van der Waals surface area contributed by atoms with E-state index in [9.17, 15) is 0 Å². The van der Waals surface area contributed by atoms with Crippen LogP contribution < -0.4 is 9.80 Å². The maximum atomic E-state index is 2.43. The maximum Gasteiger partial charge on any atom is 0.0541 e. The van der Waals surface area contributed by atoms with Crippen LogP contribution in [0.1, 0.15) is 37.4 Å². The monoisotopic (exact) mass is 760 g/mol. The third-order valence-corrected chi connectivity index (χ3v) is 12.2. The van der Waals surface area contributed by atoms with Crippen molar-refractivity contribution >= 4 is 67.2 Å². The van der Waals surface area contributed by atoms with E-state index in [1.165, 1.54) is 55.2 Å². The number of aromatic nitrogens is 2. The number of anilines is 5. The number of para-hydroxylation sites is 4. The molecule has 0 saturated heterocycles. The van der Waals surface area contributed by atoms with E-state index in [-0.39, 0.29) is 0 Å². The molecule has 2 aliphatic carbocycles. The second-order valence-electron chi connectivity index (χ2n) is 15.7. The summed E-state index contributed by atoms with van der Waals surface area (Å²) in [5.74, 6) is 0. The minimum absolute atomic E-state index is 1.07. The molecule has 0 unspecified atom stereocenters. The number of allylic oxidation sites excluding steroid dienone is 4. The molecule has 0 spiro atoms. The normalized spacial score (nSPS) is 13.7. The predicted octanol–water partition coefficient (Wildman–Crippen LogP) is 14.9. The number of hydrogen-bond donors (Lipinski definition) is 0. The summed E-state index contributed by atoms with van der Waals surface area (Å²) >= 11 is 0. The molecule has 2 heterocycles. The molecule has 0 amide bonds. The zero-order valence-electron chi connectivity index (χ0n) is 33.2. The number of aryl methyl sites for hydroxylation is 1. The number of fused-ring (bicyclic) bond motifs is 6. The van der Waals surface area contributed by atoms with E-state index < -0.39 is 0 Å². The van der Waals surface area contributed by atoms with Crippen molar-refractivity contribution in [1.29, 1.82) is 0 Å². The van der Waals surface area contributed by atoms with Crippen molar-refractivity contribution in [2.75, 3.05) is 9.80 Å². The molecule has 0 aliphatic heterocycles. The molecule has 0 atom stereocenters. The molecule has 284 valence electrons. The van der Waals surface area contributed by atoms with Gasteiger partial charge in [-0.3, -0.25) is 0 Å². The Morgan fingerprint density at radius 1 is 0.390 bits per heavy atom. The molecule has 2 aromatic heterocycles. The van der Waals surface area contributed by atoms with Crippen LogP contribution in [0.4, 0.5) is 28.4 Å². The molecule has 0 bridgehead atoms. The van der Waals surface area contributed by atoms with E-state index in [0.29, 0.717) is 0 Å². The van der Waals surface area contributed by atoms with Crippen LogP contribution >= 0.6 is 0 Å². The lowest BCUT2D eigenvalue weighted by Gasteiger charge is -2.31. The van der Waals surface area contributed by atoms with Crippen molar-refractivity contribution in [2.45, 2.75) is 32.6 Å². The lowest BCUT2D eigenvalue weighted by atomic mass is 10.0. The van der Waals surface area contributed by atoms with Crippen LogP contribution in [0.25, 0.3) is 50.2 Å². The first-order valence-corrected chi connectivity index (χ1v) is 20.8. The van der Waals surface area contributed by atoms with Gasteiger partial charge in [0.15, 0.2) is 0 Å². The Kier molecular flexibility index (Phi) is 8.62. The number of benzene rings is 7. The van der Waals surface area contributed by atoms with Crippen LogP contribution in [0.5, 0.6) is 0 Å². The molecular formula is C55H44N4. The SMILES string of the molecule is CC1=C(N(c2ccccc2)c2ccc(N(c3ccc(-n4c5c(c6ccccc64)CCC=C5)cc3)c3ccc(-n4c5ccccc5c5ccccc54)cc3)cc2)C=CCC1. The van der Waals surface area contributed by atoms with Crippen LogP contribution in [-0.2, 0) is 6.42 Å². The first-order valence-electron chi connectivity index (χ1n) is 20.8. The standard InChI is InChI=1S/C55H44N4/c1-39-15-5-10-22-51(39)57(40-16-3-2-4-17-40)44-33-27-41(28-34-44)56(42-29-35-45(36-30-42)58-52-23-11-6-18-47(52)48-19-7-12-24-53(48)58)43-31-37-46(38-32-43)59-54-25-13-8-20-49(54)50-21-9-14-26-55(50)59/h2-4,6-8,10-14,16-20,22-38H,5,9,15,21H2,1H3. The zero-order valence-corrected chi connectivity index (χ0v) is 33.2. The van der Waals surface area contributed by atoms with E-state index in [4.69, 9.17) is 0 Å². The summed E-state index contributed by atoms with van der Waals surface area (Å²) in [7, 11) is 0. The van der Waals surface area contributed by atoms with E-state index in [1.807, 2.05) is 0 Å². The molecule has 2 aliphatic rings. The topological polar surface area (TPSA) is 16.3 Å². The smallest absolute Gasteiger partial charge is 0.0541 e. The highest BCUT2D eigenvalue weighted by atomic mass is 15.2. The second kappa shape index (κ2) is 14.6. The van der Waals surface area contributed by atoms with Crippen LogP contribution in [0.2, 0.25) is 0 Å². The van der Waals surface area contributed by atoms with Crippen molar-refractivity contribution in [2.24, 2.45) is 0 Å². The second-order valence-corrected chi connectivity index (χ2v) is 15.7. The first-order chi connectivity index (χ1) is 29.2. The van der Waals surface area contributed by atoms with Crippen LogP contribution in [0, 0.1) is 0 Å². The van der Waals surface area contributed by atoms with Crippen molar-refractivity contribution in [3.05, 3.63) is 217 Å². The Balaban J connectivity index is 1.03. The van der Waals surface area contributed by atoms with Crippen molar-refractivity contribution in [3.63, 3.8) is 0 Å². The van der Waals surface area contributed by atoms with Crippen LogP contribution in [0.3, 0.4) is 0 Å². The van der Waals surface area contributed by atoms with Gasteiger partial charge in [-0.25, -0.2) is 0 Å². The van der Waals surface area contributed by atoms with E-state index in [2.05, 4.69) is 226 Å². The number of hydrogen-bond acceptors (Lipinski definition) is 2. The number of nitrogens with zero attached hydrogens (tertiary/aromatic N) is 4. The molecule has 4 nitrogen and oxygen atoms in total. The fourth-order valence-corrected chi connectivity index (χ4v) is 9.40. The van der Waals surface area contributed by atoms with Gasteiger partial charge in [0.1, 0.15) is 0 Å². The van der Waals surface area contributed by atoms with Gasteiger partial charge in [-0.2, -0.15) is 0 Å². The Bertz CT molecular complexity index is 3030. The quantitative estimate of drug-likeness (QED) is 0.153. The van der Waals surface area contributed by atoms with E-state index >= 15 is 0 Å². The molecule has 4 heteroatoms. The fraction of sp³-hybridized carbons (Fsp3) is 0.0909. The third-order valence-electron chi connectivity index (χ3n) is 12.2. The van der Waals surface area contributed by atoms with Gasteiger partial charge in [0.25, 0.3) is 0 Å². The summed E-state index contributed by atoms with van der Waals surface area (Å²) in [5.41, 5.74) is 16.9. The largest absolute Gasteiger partial charge is 0.311 e. The molecule has 11 rings (SSSR count). The van der Waals surface area contributed by atoms with Crippen LogP contribution in [-0.4, -0.2) is 9.13 Å². The summed E-state index contributed by atoms with van der Waals surface area (Å²) < 4.78 is 4.81. The molecule has 0 fully saturated rings. The maximum absolute atomic E-state index is 2.43. The summed E-state index contributed by atoms with van der Waals surface area (Å²) in [4.78, 5) is 4.77. The average molecular weight is 761 g/mol. The van der Waals surface area contributed by atoms with Gasteiger partial charge in [-0.15, -0.1) is 0 Å². The third kappa shape index (κ3) is 5.99. The molecule has 0 N–H and O–H groups in total. The van der Waals surface area contributed by atoms with Gasteiger partial charge in [0.05, 0.1) is 16.6 Å². The lowest BCUT2D eigenvalue weighted by Crippen LogP contribution is -2.18. The molecule has 0 saturated carbocycles. The van der Waals surface area contributed by atoms with E-state index in [0.717, 1.165) is 65.5 Å². The van der Waals surface area contributed by atoms with Gasteiger partial charge >= 0.3 is 0 Å². The Morgan fingerprint density at radius 3 is 1.42 bits per heavy atom. The molecule has 59 heavy (non-hydrogen) atoms. The molecule has 7 aromatic carbocycles. The minimum Gasteiger partial charge on any atom is -0.311 e. The summed E-state index contributed by atoms with van der Waals surface area (Å²) in [6, 6.07) is 64.2. The Labute approximate surface area is 345 Å². The lowest BCUT2D eigenvalue weighted by molar-refractivity contribution is 0.923. The highest BCUT2D eigenvalue weighted by Gasteiger charge is 2.21. The van der Waals surface area contributed by atoms with Crippen molar-refractivity contribution < 1.29 is 0 Å². The summed E-state index contributed by atoms with van der Waals surface area (Å²) in [6.45, 7) is 2.26. The van der Waals surface area contributed by atoms with Gasteiger partial charge in [0.2, 0.25) is 0 Å². The van der Waals surface area contributed by atoms with Gasteiger partial charge < -0.3 is 18.9 Å². The first kappa shape index (κ1) is 34.9. The number of rotatable bonds is 8. The molecule has 0 radical (unpaired) electrons. The average Bonchev–Trinajstić information content (AvgIpc) is 3.82.